The van der Waals surface area contributed by atoms with Gasteiger partial charge in [-0.15, -0.1) is 0 Å². The van der Waals surface area contributed by atoms with Crippen LogP contribution in [0.5, 0.6) is 0 Å². The molecule has 2 fully saturated rings. The third kappa shape index (κ3) is 2.68. The highest BCUT2D eigenvalue weighted by atomic mass is 16.5. The third-order valence-corrected chi connectivity index (χ3v) is 3.58. The van der Waals surface area contributed by atoms with Crippen molar-refractivity contribution in [2.75, 3.05) is 19.8 Å². The van der Waals surface area contributed by atoms with Crippen LogP contribution in [-0.4, -0.2) is 38.0 Å². The van der Waals surface area contributed by atoms with Crippen LogP contribution in [0.15, 0.2) is 30.3 Å². The molecule has 2 aliphatic rings. The zero-order chi connectivity index (χ0) is 11.5. The monoisotopic (exact) mass is 233 g/mol. The van der Waals surface area contributed by atoms with E-state index in [4.69, 9.17) is 9.47 Å². The first-order valence-corrected chi connectivity index (χ1v) is 6.41. The Kier molecular flexibility index (Phi) is 3.41. The highest BCUT2D eigenvalue weighted by Crippen LogP contribution is 2.18. The number of ether oxygens (including phenoxy) is 2. The zero-order valence-corrected chi connectivity index (χ0v) is 9.97. The fourth-order valence-corrected chi connectivity index (χ4v) is 2.68. The molecule has 1 aromatic carbocycles. The van der Waals surface area contributed by atoms with E-state index in [1.807, 2.05) is 0 Å². The van der Waals surface area contributed by atoms with Crippen LogP contribution in [0.4, 0.5) is 0 Å². The second kappa shape index (κ2) is 5.17. The maximum atomic E-state index is 5.92. The predicted molar refractivity (Wildman–Crippen MR) is 66.0 cm³/mol. The molecule has 3 rings (SSSR count). The molecule has 1 aromatic rings. The number of fused-ring (bicyclic) bond motifs is 1. The van der Waals surface area contributed by atoms with E-state index in [1.54, 1.807) is 0 Å². The smallest absolute Gasteiger partial charge is 0.0773 e. The minimum Gasteiger partial charge on any atom is -0.380 e. The van der Waals surface area contributed by atoms with E-state index >= 15 is 0 Å². The highest BCUT2D eigenvalue weighted by Gasteiger charge is 2.32. The Labute approximate surface area is 102 Å². The first-order chi connectivity index (χ1) is 8.42. The van der Waals surface area contributed by atoms with Gasteiger partial charge in [0.15, 0.2) is 0 Å². The minimum atomic E-state index is 0.357. The van der Waals surface area contributed by atoms with E-state index < -0.39 is 0 Å². The molecule has 1 N–H and O–H groups in total. The normalized spacial score (nSPS) is 33.1. The SMILES string of the molecule is c1ccc(CC2COC3CCOCC3N2)cc1. The van der Waals surface area contributed by atoms with Gasteiger partial charge in [-0.05, 0) is 18.4 Å². The highest BCUT2D eigenvalue weighted by molar-refractivity contribution is 5.16. The molecule has 2 saturated heterocycles. The molecule has 17 heavy (non-hydrogen) atoms. The molecule has 0 spiro atoms. The summed E-state index contributed by atoms with van der Waals surface area (Å²) in [5.41, 5.74) is 1.36. The summed E-state index contributed by atoms with van der Waals surface area (Å²) in [6.07, 6.45) is 2.41. The summed E-state index contributed by atoms with van der Waals surface area (Å²) < 4.78 is 11.4. The summed E-state index contributed by atoms with van der Waals surface area (Å²) >= 11 is 0. The molecule has 92 valence electrons. The van der Waals surface area contributed by atoms with Gasteiger partial charge in [0.2, 0.25) is 0 Å². The van der Waals surface area contributed by atoms with Crippen molar-refractivity contribution in [3.63, 3.8) is 0 Å². The summed E-state index contributed by atoms with van der Waals surface area (Å²) in [6.45, 7) is 2.44. The van der Waals surface area contributed by atoms with Gasteiger partial charge in [-0.3, -0.25) is 0 Å². The van der Waals surface area contributed by atoms with Crippen LogP contribution >= 0.6 is 0 Å². The van der Waals surface area contributed by atoms with Gasteiger partial charge in [0.25, 0.3) is 0 Å². The summed E-state index contributed by atoms with van der Waals surface area (Å²) in [7, 11) is 0. The van der Waals surface area contributed by atoms with Gasteiger partial charge in [0.05, 0.1) is 25.4 Å². The van der Waals surface area contributed by atoms with Crippen LogP contribution in [0.2, 0.25) is 0 Å². The number of hydrogen-bond acceptors (Lipinski definition) is 3. The van der Waals surface area contributed by atoms with Gasteiger partial charge in [-0.1, -0.05) is 30.3 Å². The van der Waals surface area contributed by atoms with Crippen molar-refractivity contribution >= 4 is 0 Å². The maximum absolute atomic E-state index is 5.92. The molecule has 3 heteroatoms. The number of nitrogens with one attached hydrogen (secondary N) is 1. The molecular weight excluding hydrogens is 214 g/mol. The van der Waals surface area contributed by atoms with Crippen LogP contribution in [0.25, 0.3) is 0 Å². The van der Waals surface area contributed by atoms with Crippen molar-refractivity contribution in [2.45, 2.75) is 31.0 Å². The van der Waals surface area contributed by atoms with Crippen LogP contribution in [0.3, 0.4) is 0 Å². The second-order valence-corrected chi connectivity index (χ2v) is 4.90. The molecule has 2 aliphatic heterocycles. The average Bonchev–Trinajstić information content (AvgIpc) is 2.40. The Balaban J connectivity index is 1.59. The van der Waals surface area contributed by atoms with Crippen molar-refractivity contribution in [1.29, 1.82) is 0 Å². The van der Waals surface area contributed by atoms with Gasteiger partial charge in [0, 0.05) is 12.6 Å². The van der Waals surface area contributed by atoms with Gasteiger partial charge in [-0.2, -0.15) is 0 Å². The topological polar surface area (TPSA) is 30.5 Å². The zero-order valence-electron chi connectivity index (χ0n) is 9.97. The minimum absolute atomic E-state index is 0.357. The van der Waals surface area contributed by atoms with Crippen molar-refractivity contribution in [3.8, 4) is 0 Å². The largest absolute Gasteiger partial charge is 0.380 e. The molecular formula is C14H19NO2. The molecule has 3 unspecified atom stereocenters. The maximum Gasteiger partial charge on any atom is 0.0773 e. The molecule has 0 aliphatic carbocycles. The lowest BCUT2D eigenvalue weighted by Crippen LogP contribution is -2.58. The lowest BCUT2D eigenvalue weighted by atomic mass is 9.99. The average molecular weight is 233 g/mol. The fraction of sp³-hybridized carbons (Fsp3) is 0.571. The van der Waals surface area contributed by atoms with E-state index in [2.05, 4.69) is 35.6 Å². The molecule has 3 nitrogen and oxygen atoms in total. The number of rotatable bonds is 2. The van der Waals surface area contributed by atoms with Crippen molar-refractivity contribution < 1.29 is 9.47 Å². The van der Waals surface area contributed by atoms with Gasteiger partial charge in [0.1, 0.15) is 0 Å². The van der Waals surface area contributed by atoms with Gasteiger partial charge >= 0.3 is 0 Å². The van der Waals surface area contributed by atoms with Crippen molar-refractivity contribution in [2.24, 2.45) is 0 Å². The third-order valence-electron chi connectivity index (χ3n) is 3.58. The Morgan fingerprint density at radius 1 is 1.18 bits per heavy atom. The summed E-state index contributed by atoms with van der Waals surface area (Å²) in [5, 5.41) is 3.65. The molecule has 0 aromatic heterocycles. The Morgan fingerprint density at radius 2 is 2.06 bits per heavy atom. The summed E-state index contributed by atoms with van der Waals surface area (Å²) in [4.78, 5) is 0. The number of benzene rings is 1. The molecule has 0 bridgehead atoms. The molecule has 2 heterocycles. The Bertz CT molecular complexity index is 354. The van der Waals surface area contributed by atoms with E-state index in [0.717, 1.165) is 32.7 Å². The van der Waals surface area contributed by atoms with Crippen molar-refractivity contribution in [1.82, 2.24) is 5.32 Å². The van der Waals surface area contributed by atoms with Crippen LogP contribution in [0.1, 0.15) is 12.0 Å². The molecule has 0 amide bonds. The quantitative estimate of drug-likeness (QED) is 0.837. The number of morpholine rings is 1. The van der Waals surface area contributed by atoms with Gasteiger partial charge < -0.3 is 14.8 Å². The molecule has 3 atom stereocenters. The van der Waals surface area contributed by atoms with Crippen LogP contribution in [0, 0.1) is 0 Å². The lowest BCUT2D eigenvalue weighted by molar-refractivity contribution is -0.0929. The van der Waals surface area contributed by atoms with E-state index in [1.165, 1.54) is 5.56 Å². The molecule has 0 radical (unpaired) electrons. The van der Waals surface area contributed by atoms with E-state index in [-0.39, 0.29) is 0 Å². The summed E-state index contributed by atoms with van der Waals surface area (Å²) in [5.74, 6) is 0. The lowest BCUT2D eigenvalue weighted by Gasteiger charge is -2.40. The van der Waals surface area contributed by atoms with E-state index in [9.17, 15) is 0 Å². The summed E-state index contributed by atoms with van der Waals surface area (Å²) in [6, 6.07) is 11.4. The first-order valence-electron chi connectivity index (χ1n) is 6.41. The second-order valence-electron chi connectivity index (χ2n) is 4.90. The fourth-order valence-electron chi connectivity index (χ4n) is 2.68. The predicted octanol–water partition coefficient (Wildman–Crippen LogP) is 1.37. The van der Waals surface area contributed by atoms with Crippen molar-refractivity contribution in [3.05, 3.63) is 35.9 Å². The van der Waals surface area contributed by atoms with E-state index in [0.29, 0.717) is 18.2 Å². The van der Waals surface area contributed by atoms with Crippen LogP contribution < -0.4 is 5.32 Å². The Morgan fingerprint density at radius 3 is 2.94 bits per heavy atom. The van der Waals surface area contributed by atoms with Crippen LogP contribution in [-0.2, 0) is 15.9 Å². The Hall–Kier alpha value is -0.900. The first kappa shape index (κ1) is 11.2. The van der Waals surface area contributed by atoms with Gasteiger partial charge in [-0.25, -0.2) is 0 Å². The number of hydrogen-bond donors (Lipinski definition) is 1. The standard InChI is InChI=1S/C14H19NO2/c1-2-4-11(5-3-1)8-12-9-17-14-6-7-16-10-13(14)15-12/h1-5,12-15H,6-10H2. The molecule has 0 saturated carbocycles.